The fourth-order valence-electron chi connectivity index (χ4n) is 1.90. The van der Waals surface area contributed by atoms with E-state index in [1.165, 1.54) is 11.3 Å². The topological polar surface area (TPSA) is 52.7 Å². The summed E-state index contributed by atoms with van der Waals surface area (Å²) in [5.74, 6) is 0.966. The van der Waals surface area contributed by atoms with Crippen molar-refractivity contribution in [2.24, 2.45) is 7.05 Å². The number of thiophene rings is 1. The molecule has 3 rings (SSSR count). The van der Waals surface area contributed by atoms with Crippen LogP contribution in [0.2, 0.25) is 0 Å². The fourth-order valence-corrected chi connectivity index (χ4v) is 2.69. The number of aryl methyl sites for hydroxylation is 3. The molecular formula is C12H12N4OS. The number of nitrogens with zero attached hydrogens (tertiary/aromatic N) is 4. The third kappa shape index (κ3) is 1.84. The molecule has 5 nitrogen and oxygen atoms in total. The van der Waals surface area contributed by atoms with Gasteiger partial charge in [0, 0.05) is 32.4 Å². The molecule has 0 radical (unpaired) electrons. The second kappa shape index (κ2) is 4.38. The summed E-state index contributed by atoms with van der Waals surface area (Å²) in [6, 6.07) is 1.87. The van der Waals surface area contributed by atoms with Gasteiger partial charge in [0.15, 0.2) is 0 Å². The van der Waals surface area contributed by atoms with Gasteiger partial charge in [0.25, 0.3) is 5.56 Å². The molecule has 0 aliphatic heterocycles. The minimum absolute atomic E-state index is 0.0317. The Labute approximate surface area is 107 Å². The summed E-state index contributed by atoms with van der Waals surface area (Å²) in [6.07, 6.45) is 6.00. The summed E-state index contributed by atoms with van der Waals surface area (Å²) in [4.78, 5) is 20.7. The average molecular weight is 260 g/mol. The Morgan fingerprint density at radius 3 is 3.06 bits per heavy atom. The standard InChI is InChI=1S/C12H12N4OS/c1-15-6-4-13-10(15)2-5-16-8-14-9-3-7-18-11(9)12(16)17/h3-4,6-8H,2,5H2,1H3. The van der Waals surface area contributed by atoms with Crippen molar-refractivity contribution in [1.82, 2.24) is 19.1 Å². The molecule has 0 unspecified atom stereocenters. The van der Waals surface area contributed by atoms with E-state index in [4.69, 9.17) is 0 Å². The van der Waals surface area contributed by atoms with Crippen molar-refractivity contribution in [3.8, 4) is 0 Å². The SMILES string of the molecule is Cn1ccnc1CCn1cnc2ccsc2c1=O. The molecule has 0 amide bonds. The van der Waals surface area contributed by atoms with E-state index in [2.05, 4.69) is 9.97 Å². The van der Waals surface area contributed by atoms with E-state index in [1.807, 2.05) is 29.3 Å². The van der Waals surface area contributed by atoms with Crippen molar-refractivity contribution in [3.63, 3.8) is 0 Å². The predicted molar refractivity (Wildman–Crippen MR) is 70.8 cm³/mol. The summed E-state index contributed by atoms with van der Waals surface area (Å²) in [5.41, 5.74) is 0.808. The summed E-state index contributed by atoms with van der Waals surface area (Å²) < 4.78 is 4.33. The number of aromatic nitrogens is 4. The number of hydrogen-bond donors (Lipinski definition) is 0. The second-order valence-corrected chi connectivity index (χ2v) is 5.00. The van der Waals surface area contributed by atoms with Crippen LogP contribution < -0.4 is 5.56 Å². The Morgan fingerprint density at radius 1 is 1.39 bits per heavy atom. The van der Waals surface area contributed by atoms with Crippen molar-refractivity contribution < 1.29 is 0 Å². The zero-order chi connectivity index (χ0) is 12.5. The van der Waals surface area contributed by atoms with Gasteiger partial charge in [-0.25, -0.2) is 9.97 Å². The first-order valence-electron chi connectivity index (χ1n) is 5.64. The molecule has 0 saturated heterocycles. The molecule has 0 aliphatic carbocycles. The minimum Gasteiger partial charge on any atom is -0.338 e. The lowest BCUT2D eigenvalue weighted by molar-refractivity contribution is 0.628. The monoisotopic (exact) mass is 260 g/mol. The van der Waals surface area contributed by atoms with Crippen LogP contribution in [0.25, 0.3) is 10.2 Å². The molecule has 3 heterocycles. The maximum atomic E-state index is 12.1. The Hall–Kier alpha value is -1.95. The summed E-state index contributed by atoms with van der Waals surface area (Å²) >= 11 is 1.44. The van der Waals surface area contributed by atoms with Crippen LogP contribution in [0.3, 0.4) is 0 Å². The van der Waals surface area contributed by atoms with Crippen molar-refractivity contribution in [1.29, 1.82) is 0 Å². The van der Waals surface area contributed by atoms with Crippen LogP contribution in [-0.2, 0) is 20.0 Å². The van der Waals surface area contributed by atoms with Gasteiger partial charge in [-0.05, 0) is 11.4 Å². The second-order valence-electron chi connectivity index (χ2n) is 4.08. The number of hydrogen-bond acceptors (Lipinski definition) is 4. The van der Waals surface area contributed by atoms with Crippen molar-refractivity contribution in [2.75, 3.05) is 0 Å². The molecule has 18 heavy (non-hydrogen) atoms. The molecule has 0 saturated carbocycles. The van der Waals surface area contributed by atoms with Crippen LogP contribution >= 0.6 is 11.3 Å². The fraction of sp³-hybridized carbons (Fsp3) is 0.250. The van der Waals surface area contributed by atoms with Crippen LogP contribution in [0.5, 0.6) is 0 Å². The van der Waals surface area contributed by atoms with Crippen LogP contribution in [0.4, 0.5) is 0 Å². The molecular weight excluding hydrogens is 248 g/mol. The molecule has 3 aromatic heterocycles. The molecule has 0 atom stereocenters. The van der Waals surface area contributed by atoms with E-state index in [9.17, 15) is 4.79 Å². The molecule has 0 spiro atoms. The van der Waals surface area contributed by atoms with Gasteiger partial charge in [-0.3, -0.25) is 9.36 Å². The maximum absolute atomic E-state index is 12.1. The van der Waals surface area contributed by atoms with Crippen LogP contribution in [-0.4, -0.2) is 19.1 Å². The third-order valence-electron chi connectivity index (χ3n) is 2.93. The predicted octanol–water partition coefficient (Wildman–Crippen LogP) is 1.43. The van der Waals surface area contributed by atoms with Crippen molar-refractivity contribution in [2.45, 2.75) is 13.0 Å². The molecule has 6 heteroatoms. The van der Waals surface area contributed by atoms with E-state index in [0.717, 1.165) is 22.5 Å². The maximum Gasteiger partial charge on any atom is 0.271 e. The molecule has 3 aromatic rings. The Bertz CT molecular complexity index is 740. The first kappa shape index (κ1) is 11.2. The Kier molecular flexibility index (Phi) is 2.71. The van der Waals surface area contributed by atoms with Gasteiger partial charge in [-0.1, -0.05) is 0 Å². The van der Waals surface area contributed by atoms with E-state index in [0.29, 0.717) is 6.54 Å². The Balaban J connectivity index is 1.89. The lowest BCUT2D eigenvalue weighted by Crippen LogP contribution is -2.21. The molecule has 0 N–H and O–H groups in total. The van der Waals surface area contributed by atoms with Gasteiger partial charge < -0.3 is 4.57 Å². The van der Waals surface area contributed by atoms with Crippen molar-refractivity contribution >= 4 is 21.6 Å². The van der Waals surface area contributed by atoms with Crippen LogP contribution in [0, 0.1) is 0 Å². The van der Waals surface area contributed by atoms with Crippen molar-refractivity contribution in [3.05, 3.63) is 46.3 Å². The van der Waals surface area contributed by atoms with E-state index in [1.54, 1.807) is 17.1 Å². The lowest BCUT2D eigenvalue weighted by atomic mass is 10.4. The number of fused-ring (bicyclic) bond motifs is 1. The molecule has 0 fully saturated rings. The summed E-state index contributed by atoms with van der Waals surface area (Å²) in [5, 5.41) is 1.89. The zero-order valence-corrected chi connectivity index (χ0v) is 10.7. The van der Waals surface area contributed by atoms with Gasteiger partial charge in [0.2, 0.25) is 0 Å². The highest BCUT2D eigenvalue weighted by Gasteiger charge is 2.06. The highest BCUT2D eigenvalue weighted by Crippen LogP contribution is 2.13. The van der Waals surface area contributed by atoms with Gasteiger partial charge in [0.05, 0.1) is 11.8 Å². The largest absolute Gasteiger partial charge is 0.338 e. The minimum atomic E-state index is 0.0317. The number of imidazole rings is 1. The molecule has 0 aromatic carbocycles. The average Bonchev–Trinajstić information content (AvgIpc) is 2.98. The highest BCUT2D eigenvalue weighted by atomic mass is 32.1. The third-order valence-corrected chi connectivity index (χ3v) is 3.82. The molecule has 92 valence electrons. The summed E-state index contributed by atoms with van der Waals surface area (Å²) in [7, 11) is 1.95. The Morgan fingerprint density at radius 2 is 2.28 bits per heavy atom. The first-order valence-corrected chi connectivity index (χ1v) is 6.52. The van der Waals surface area contributed by atoms with Crippen LogP contribution in [0.15, 0.2) is 35.0 Å². The zero-order valence-electron chi connectivity index (χ0n) is 9.91. The number of rotatable bonds is 3. The van der Waals surface area contributed by atoms with Gasteiger partial charge in [-0.2, -0.15) is 0 Å². The van der Waals surface area contributed by atoms with E-state index in [-0.39, 0.29) is 5.56 Å². The first-order chi connectivity index (χ1) is 8.75. The summed E-state index contributed by atoms with van der Waals surface area (Å²) in [6.45, 7) is 0.602. The van der Waals surface area contributed by atoms with Crippen LogP contribution in [0.1, 0.15) is 5.82 Å². The smallest absolute Gasteiger partial charge is 0.271 e. The lowest BCUT2D eigenvalue weighted by Gasteiger charge is -2.05. The van der Waals surface area contributed by atoms with E-state index < -0.39 is 0 Å². The van der Waals surface area contributed by atoms with Gasteiger partial charge >= 0.3 is 0 Å². The molecule has 0 aliphatic rings. The normalized spacial score (nSPS) is 11.2. The molecule has 0 bridgehead atoms. The quantitative estimate of drug-likeness (QED) is 0.716. The highest BCUT2D eigenvalue weighted by molar-refractivity contribution is 7.17. The van der Waals surface area contributed by atoms with Gasteiger partial charge in [-0.15, -0.1) is 11.3 Å². The van der Waals surface area contributed by atoms with Gasteiger partial charge in [0.1, 0.15) is 10.5 Å². The van der Waals surface area contributed by atoms with E-state index >= 15 is 0 Å².